The topological polar surface area (TPSA) is 179 Å². The first-order valence-electron chi connectivity index (χ1n) is 1.64. The molecule has 0 spiro atoms. The molecule has 0 aliphatic heterocycles. The smallest absolute Gasteiger partial charge is 0.790 e. The molecule has 0 unspecified atom stereocenters. The van der Waals surface area contributed by atoms with E-state index in [0.29, 0.717) is 0 Å². The van der Waals surface area contributed by atoms with E-state index in [4.69, 9.17) is 10.5 Å². The molecule has 0 bridgehead atoms. The van der Waals surface area contributed by atoms with E-state index in [9.17, 15) is 28.7 Å². The zero-order valence-corrected chi connectivity index (χ0v) is 7.85. The second-order valence-electron chi connectivity index (χ2n) is 0.976. The van der Waals surface area contributed by atoms with Crippen LogP contribution in [0.25, 0.3) is 0 Å². The molecule has 9 nitrogen and oxygen atoms in total. The van der Waals surface area contributed by atoms with Crippen molar-refractivity contribution in [3.63, 3.8) is 0 Å². The summed E-state index contributed by atoms with van der Waals surface area (Å²) in [6.45, 7) is 0. The maximum atomic E-state index is 9.32. The van der Waals surface area contributed by atoms with Gasteiger partial charge in [0.2, 0.25) is 0 Å². The second kappa shape index (κ2) is 7.14. The molecule has 0 aromatic heterocycles. The van der Waals surface area contributed by atoms with Crippen molar-refractivity contribution in [2.45, 2.75) is 0 Å². The average molecular weight is 263 g/mol. The quantitative estimate of drug-likeness (QED) is 0.222. The third-order valence-electron chi connectivity index (χ3n) is 0.200. The number of rotatable bonds is 2. The van der Waals surface area contributed by atoms with Crippen molar-refractivity contribution >= 4 is 15.6 Å². The summed E-state index contributed by atoms with van der Waals surface area (Å²) in [6, 6.07) is 0. The molecule has 0 aliphatic carbocycles. The monoisotopic (exact) mass is 263 g/mol. The molecule has 0 saturated heterocycles. The van der Waals surface area contributed by atoms with Gasteiger partial charge in [0, 0.05) is 0 Å². The first kappa shape index (κ1) is 18.5. The van der Waals surface area contributed by atoms with Crippen molar-refractivity contribution in [3.05, 3.63) is 0 Å². The van der Waals surface area contributed by atoms with Crippen LogP contribution < -0.4 is 24.8 Å². The number of phosphoric acid groups is 2. The molecule has 0 aliphatic rings. The van der Waals surface area contributed by atoms with Crippen LogP contribution >= 0.6 is 15.6 Å². The standard InChI is InChI=1S/Fe.H4O7P2.H2O2/c;1-8(2,3)7-9(4,5)6;1-2/h;(H2,1,2,3)(H2,4,5,6);1-2H/q+5;;/p-5. The minimum Gasteiger partial charge on any atom is -0.790 e. The van der Waals surface area contributed by atoms with Crippen LogP contribution in [0.2, 0.25) is 0 Å². The van der Waals surface area contributed by atoms with Gasteiger partial charge in [-0.25, -0.2) is 0 Å². The van der Waals surface area contributed by atoms with Gasteiger partial charge in [-0.3, -0.25) is 0 Å². The molecule has 73 valence electrons. The summed E-state index contributed by atoms with van der Waals surface area (Å²) in [4.78, 5) is 37.3. The zero-order chi connectivity index (χ0) is 9.71. The summed E-state index contributed by atoms with van der Waals surface area (Å²) >= 11 is 0. The SMILES string of the molecule is O=P([O-])([O-])OP(=O)([O-])[O-].[Fe+5].[O-]O. The molecule has 0 amide bonds. The van der Waals surface area contributed by atoms with E-state index in [1.165, 1.54) is 0 Å². The molecule has 0 rings (SSSR count). The predicted octanol–water partition coefficient (Wildman–Crippen LogP) is -4.52. The van der Waals surface area contributed by atoms with E-state index in [1.54, 1.807) is 0 Å². The van der Waals surface area contributed by atoms with Crippen LogP contribution in [0.3, 0.4) is 0 Å². The molecule has 1 radical (unpaired) electrons. The summed E-state index contributed by atoms with van der Waals surface area (Å²) < 4.78 is 21.2. The molecular weight excluding hydrogens is 262 g/mol. The van der Waals surface area contributed by atoms with Gasteiger partial charge >= 0.3 is 17.1 Å². The zero-order valence-electron chi connectivity index (χ0n) is 4.96. The Balaban J connectivity index is -0.000000249. The third kappa shape index (κ3) is 22.4. The van der Waals surface area contributed by atoms with E-state index in [-0.39, 0.29) is 17.1 Å². The van der Waals surface area contributed by atoms with Crippen molar-refractivity contribution in [2.24, 2.45) is 0 Å². The number of hydrogen-bond acceptors (Lipinski definition) is 9. The molecule has 1 N–H and O–H groups in total. The van der Waals surface area contributed by atoms with Gasteiger partial charge in [0.05, 0.1) is 15.6 Å². The van der Waals surface area contributed by atoms with Gasteiger partial charge in [0.1, 0.15) is 0 Å². The van der Waals surface area contributed by atoms with Crippen molar-refractivity contribution in [1.82, 2.24) is 0 Å². The van der Waals surface area contributed by atoms with Gasteiger partial charge in [0.15, 0.2) is 0 Å². The molecule has 0 aromatic rings. The largest absolute Gasteiger partial charge is 5.00 e. The van der Waals surface area contributed by atoms with Crippen molar-refractivity contribution in [2.75, 3.05) is 0 Å². The van der Waals surface area contributed by atoms with E-state index >= 15 is 0 Å². The first-order valence-corrected chi connectivity index (χ1v) is 4.56. The molecule has 0 fully saturated rings. The van der Waals surface area contributed by atoms with Gasteiger partial charge in [0.25, 0.3) is 0 Å². The van der Waals surface area contributed by atoms with Crippen molar-refractivity contribution in [1.29, 1.82) is 0 Å². The van der Waals surface area contributed by atoms with Gasteiger partial charge in [-0.05, 0) is 0 Å². The van der Waals surface area contributed by atoms with Crippen LogP contribution in [0.4, 0.5) is 0 Å². The molecular formula is HFeO9P2. The summed E-state index contributed by atoms with van der Waals surface area (Å²) in [5.74, 6) is 0. The van der Waals surface area contributed by atoms with E-state index in [2.05, 4.69) is 4.31 Å². The number of hydrogen-bond donors (Lipinski definition) is 1. The fourth-order valence-electron chi connectivity index (χ4n) is 0.122. The van der Waals surface area contributed by atoms with Gasteiger partial charge in [-0.2, -0.15) is 0 Å². The van der Waals surface area contributed by atoms with Crippen LogP contribution in [0.1, 0.15) is 0 Å². The summed E-state index contributed by atoms with van der Waals surface area (Å²) in [6.07, 6.45) is 0. The Hall–Kier alpha value is 0.699. The van der Waals surface area contributed by atoms with Gasteiger partial charge < -0.3 is 43.5 Å². The fraction of sp³-hybridized carbons (Fsp3) is 0. The van der Waals surface area contributed by atoms with Crippen LogP contribution in [-0.4, -0.2) is 5.26 Å². The summed E-state index contributed by atoms with van der Waals surface area (Å²) in [5.41, 5.74) is 0. The van der Waals surface area contributed by atoms with Crippen molar-refractivity contribution < 1.29 is 60.6 Å². The Bertz CT molecular complexity index is 153. The Morgan fingerprint density at radius 2 is 1.08 bits per heavy atom. The normalized spacial score (nSPS) is 10.8. The van der Waals surface area contributed by atoms with Crippen LogP contribution in [0, 0.1) is 0 Å². The maximum Gasteiger partial charge on any atom is 5.00 e. The average Bonchev–Trinajstić information content (AvgIpc) is 1.60. The van der Waals surface area contributed by atoms with E-state index in [0.717, 1.165) is 0 Å². The Morgan fingerprint density at radius 3 is 1.08 bits per heavy atom. The Morgan fingerprint density at radius 1 is 0.917 bits per heavy atom. The first-order chi connectivity index (χ1) is 4.71. The molecule has 12 heteroatoms. The molecule has 12 heavy (non-hydrogen) atoms. The summed E-state index contributed by atoms with van der Waals surface area (Å²) in [7, 11) is -11.4. The fourth-order valence-corrected chi connectivity index (χ4v) is 1.10. The maximum absolute atomic E-state index is 9.32. The molecule has 0 heterocycles. The van der Waals surface area contributed by atoms with E-state index in [1.807, 2.05) is 0 Å². The minimum absolute atomic E-state index is 0. The molecule has 0 atom stereocenters. The van der Waals surface area contributed by atoms with Crippen LogP contribution in [0.15, 0.2) is 0 Å². The second-order valence-corrected chi connectivity index (χ2v) is 3.42. The van der Waals surface area contributed by atoms with Gasteiger partial charge in [-0.15, -0.1) is 0 Å². The predicted molar refractivity (Wildman–Crippen MR) is 18.9 cm³/mol. The summed E-state index contributed by atoms with van der Waals surface area (Å²) in [5, 5.41) is 13.0. The van der Waals surface area contributed by atoms with E-state index < -0.39 is 15.6 Å². The minimum atomic E-state index is -5.68. The van der Waals surface area contributed by atoms with Crippen LogP contribution in [-0.2, 0) is 30.5 Å². The van der Waals surface area contributed by atoms with Gasteiger partial charge in [-0.1, -0.05) is 0 Å². The van der Waals surface area contributed by atoms with Crippen molar-refractivity contribution in [3.8, 4) is 0 Å². The molecule has 0 aromatic carbocycles. The third-order valence-corrected chi connectivity index (χ3v) is 1.80. The van der Waals surface area contributed by atoms with Crippen LogP contribution in [0.5, 0.6) is 0 Å². The Labute approximate surface area is 76.9 Å². The Kier molecular flexibility index (Phi) is 11.0. The molecule has 0 saturated carbocycles.